The summed E-state index contributed by atoms with van der Waals surface area (Å²) >= 11 is 0. The number of benzene rings is 3. The van der Waals surface area contributed by atoms with Crippen molar-refractivity contribution in [2.24, 2.45) is 11.5 Å². The van der Waals surface area contributed by atoms with Crippen molar-refractivity contribution in [3.8, 4) is 5.75 Å². The van der Waals surface area contributed by atoms with Crippen molar-refractivity contribution in [3.05, 3.63) is 77.9 Å². The number of carbonyl (C=O) groups is 1. The molecule has 9 N–H and O–H groups in total. The first-order valence-corrected chi connectivity index (χ1v) is 13.9. The van der Waals surface area contributed by atoms with Crippen molar-refractivity contribution in [2.75, 3.05) is 17.8 Å². The predicted octanol–water partition coefficient (Wildman–Crippen LogP) is 2.06. The molecule has 3 aromatic rings. The Morgan fingerprint density at radius 1 is 0.868 bits per heavy atom. The van der Waals surface area contributed by atoms with Crippen molar-refractivity contribution in [3.63, 3.8) is 0 Å². The Kier molecular flexibility index (Phi) is 11.6. The minimum atomic E-state index is -3.67. The molecule has 0 aliphatic rings. The van der Waals surface area contributed by atoms with Crippen LogP contribution in [-0.4, -0.2) is 56.2 Å². The van der Waals surface area contributed by atoms with Crippen LogP contribution in [0.5, 0.6) is 5.75 Å². The van der Waals surface area contributed by atoms with Crippen LogP contribution in [0.2, 0.25) is 0 Å². The van der Waals surface area contributed by atoms with E-state index in [0.29, 0.717) is 29.5 Å². The first-order valence-electron chi connectivity index (χ1n) is 10.2. The molecule has 204 valence electrons. The van der Waals surface area contributed by atoms with E-state index < -0.39 is 26.2 Å². The van der Waals surface area contributed by atoms with Crippen molar-refractivity contribution < 1.29 is 35.5 Å². The number of fused-ring (bicyclic) bond motifs is 1. The summed E-state index contributed by atoms with van der Waals surface area (Å²) in [7, 11) is -7.33. The number of nitrogens with two attached hydrogens (primary N) is 2. The quantitative estimate of drug-likeness (QED) is 0.0589. The zero-order chi connectivity index (χ0) is 29.1. The summed E-state index contributed by atoms with van der Waals surface area (Å²) in [6.07, 6.45) is 4.41. The third-order valence-corrected chi connectivity index (χ3v) is 3.94. The average Bonchev–Trinajstić information content (AvgIpc) is 2.75. The summed E-state index contributed by atoms with van der Waals surface area (Å²) in [5.41, 5.74) is 12.9. The second-order valence-electron chi connectivity index (χ2n) is 7.52. The Bertz CT molecular complexity index is 1510. The zero-order valence-corrected chi connectivity index (χ0v) is 21.9. The summed E-state index contributed by atoms with van der Waals surface area (Å²) in [6, 6.07) is 17.7. The molecule has 0 saturated carbocycles. The van der Waals surface area contributed by atoms with Gasteiger partial charge in [0, 0.05) is 17.3 Å². The van der Waals surface area contributed by atoms with Gasteiger partial charge in [0.25, 0.3) is 20.2 Å². The number of amidine groups is 1. The largest absolute Gasteiger partial charge is 0.423 e. The molecule has 38 heavy (non-hydrogen) atoms. The van der Waals surface area contributed by atoms with Gasteiger partial charge in [-0.3, -0.25) is 19.9 Å². The van der Waals surface area contributed by atoms with Gasteiger partial charge in [-0.2, -0.15) is 16.8 Å². The maximum atomic E-state index is 12.1. The maximum Gasteiger partial charge on any atom is 0.336 e. The van der Waals surface area contributed by atoms with E-state index in [1.807, 2.05) is 18.2 Å². The highest BCUT2D eigenvalue weighted by molar-refractivity contribution is 7.85. The zero-order valence-electron chi connectivity index (χ0n) is 20.2. The van der Waals surface area contributed by atoms with Gasteiger partial charge >= 0.3 is 5.97 Å². The number of rotatable bonds is 5. The van der Waals surface area contributed by atoms with E-state index in [-0.39, 0.29) is 11.8 Å². The van der Waals surface area contributed by atoms with Gasteiger partial charge in [0.05, 0.1) is 12.5 Å². The van der Waals surface area contributed by atoms with Crippen LogP contribution >= 0.6 is 0 Å². The van der Waals surface area contributed by atoms with Gasteiger partial charge in [-0.05, 0) is 52.7 Å². The van der Waals surface area contributed by atoms with Gasteiger partial charge in [0.1, 0.15) is 11.6 Å². The maximum absolute atomic E-state index is 12.1. The smallest absolute Gasteiger partial charge is 0.336 e. The van der Waals surface area contributed by atoms with Crippen molar-refractivity contribution >= 4 is 60.5 Å². The third kappa shape index (κ3) is 14.9. The van der Waals surface area contributed by atoms with Gasteiger partial charge < -0.3 is 21.5 Å². The Labute approximate surface area is 219 Å². The molecule has 0 aromatic heterocycles. The molecule has 13 nitrogen and oxygen atoms in total. The molecule has 3 aromatic carbocycles. The van der Waals surface area contributed by atoms with Crippen LogP contribution in [0.25, 0.3) is 16.8 Å². The van der Waals surface area contributed by atoms with Crippen LogP contribution in [0.1, 0.15) is 11.1 Å². The number of hydrogen-bond acceptors (Lipinski definition) is 8. The minimum absolute atomic E-state index is 0.00708. The molecule has 0 fully saturated rings. The molecule has 0 heterocycles. The number of anilines is 1. The van der Waals surface area contributed by atoms with Crippen LogP contribution in [0.15, 0.2) is 66.7 Å². The molecule has 0 aliphatic heterocycles. The second-order valence-corrected chi connectivity index (χ2v) is 10.5. The number of nitrogen functional groups attached to an aromatic ring is 1. The number of ether oxygens (including phenoxy) is 1. The lowest BCUT2D eigenvalue weighted by Gasteiger charge is -2.05. The van der Waals surface area contributed by atoms with Crippen LogP contribution < -0.4 is 21.5 Å². The standard InChI is InChI=1S/C21H19N5O2.2CH4O3S/c22-20(23)16-5-4-15-12-18(9-6-14(15)11-16)28-19(27)10-3-13-1-7-17(8-2-13)26-21(24)25;2*1-5(2,3)4/h1-12H,(H3,22,23)(H4,24,25,26);2*1H3,(H,2,3,4). The van der Waals surface area contributed by atoms with Crippen molar-refractivity contribution in [1.29, 1.82) is 10.8 Å². The van der Waals surface area contributed by atoms with Crippen LogP contribution in [-0.2, 0) is 25.0 Å². The molecular formula is C23H27N5O8S2. The van der Waals surface area contributed by atoms with E-state index in [9.17, 15) is 21.6 Å². The van der Waals surface area contributed by atoms with Crippen LogP contribution in [0, 0.1) is 10.8 Å². The number of carbonyl (C=O) groups excluding carboxylic acids is 1. The summed E-state index contributed by atoms with van der Waals surface area (Å²) in [6.45, 7) is 0. The minimum Gasteiger partial charge on any atom is -0.423 e. The molecule has 0 radical (unpaired) electrons. The molecule has 0 amide bonds. The SMILES string of the molecule is CS(=O)(=O)O.CS(=O)(=O)O.N=C(N)Nc1ccc(C=CC(=O)Oc2ccc3cc(C(=N)N)ccc3c2)cc1. The van der Waals surface area contributed by atoms with Crippen molar-refractivity contribution in [1.82, 2.24) is 0 Å². The molecule has 0 aliphatic carbocycles. The van der Waals surface area contributed by atoms with E-state index in [1.54, 1.807) is 48.5 Å². The van der Waals surface area contributed by atoms with Gasteiger partial charge in [0.15, 0.2) is 5.96 Å². The highest BCUT2D eigenvalue weighted by Crippen LogP contribution is 2.22. The van der Waals surface area contributed by atoms with E-state index >= 15 is 0 Å². The number of nitrogens with one attached hydrogen (secondary N) is 3. The fourth-order valence-corrected chi connectivity index (χ4v) is 2.60. The molecule has 0 spiro atoms. The number of guanidine groups is 1. The molecule has 15 heteroatoms. The normalized spacial score (nSPS) is 10.9. The molecule has 0 saturated heterocycles. The summed E-state index contributed by atoms with van der Waals surface area (Å²) in [5, 5.41) is 19.1. The van der Waals surface area contributed by atoms with E-state index in [0.717, 1.165) is 16.3 Å². The summed E-state index contributed by atoms with van der Waals surface area (Å²) < 4.78 is 57.1. The summed E-state index contributed by atoms with van der Waals surface area (Å²) in [4.78, 5) is 12.1. The summed E-state index contributed by atoms with van der Waals surface area (Å²) in [5.74, 6) is -0.197. The first-order chi connectivity index (χ1) is 17.4. The first kappa shape index (κ1) is 31.7. The van der Waals surface area contributed by atoms with E-state index in [1.165, 1.54) is 6.08 Å². The Morgan fingerprint density at radius 3 is 1.87 bits per heavy atom. The predicted molar refractivity (Wildman–Crippen MR) is 147 cm³/mol. The Balaban J connectivity index is 0.000000616. The average molecular weight is 566 g/mol. The Morgan fingerprint density at radius 2 is 1.37 bits per heavy atom. The van der Waals surface area contributed by atoms with E-state index in [4.69, 9.17) is 36.1 Å². The lowest BCUT2D eigenvalue weighted by atomic mass is 10.1. The lowest BCUT2D eigenvalue weighted by Crippen LogP contribution is -2.20. The molecule has 0 unspecified atom stereocenters. The Hall–Kier alpha value is -4.31. The molecule has 0 atom stereocenters. The monoisotopic (exact) mass is 565 g/mol. The van der Waals surface area contributed by atoms with Gasteiger partial charge in [0.2, 0.25) is 0 Å². The van der Waals surface area contributed by atoms with Gasteiger partial charge in [-0.1, -0.05) is 30.3 Å². The fraction of sp³-hybridized carbons (Fsp3) is 0.0870. The van der Waals surface area contributed by atoms with E-state index in [2.05, 4.69) is 5.32 Å². The molecule has 3 rings (SSSR count). The van der Waals surface area contributed by atoms with Crippen LogP contribution in [0.3, 0.4) is 0 Å². The highest BCUT2D eigenvalue weighted by Gasteiger charge is 2.04. The molecular weight excluding hydrogens is 538 g/mol. The fourth-order valence-electron chi connectivity index (χ4n) is 2.60. The third-order valence-electron chi connectivity index (χ3n) is 3.94. The van der Waals surface area contributed by atoms with Gasteiger partial charge in [-0.15, -0.1) is 0 Å². The highest BCUT2D eigenvalue weighted by atomic mass is 32.2. The topological polar surface area (TPSA) is 247 Å². The lowest BCUT2D eigenvalue weighted by molar-refractivity contribution is -0.128. The number of esters is 1. The second kappa shape index (κ2) is 13.8. The van der Waals surface area contributed by atoms with Crippen LogP contribution in [0.4, 0.5) is 5.69 Å². The number of hydrogen-bond donors (Lipinski definition) is 7. The molecule has 0 bridgehead atoms. The van der Waals surface area contributed by atoms with Gasteiger partial charge in [-0.25, -0.2) is 4.79 Å². The van der Waals surface area contributed by atoms with Crippen molar-refractivity contribution in [2.45, 2.75) is 0 Å².